The summed E-state index contributed by atoms with van der Waals surface area (Å²) in [5, 5.41) is 8.41. The fourth-order valence-corrected chi connectivity index (χ4v) is 2.44. The summed E-state index contributed by atoms with van der Waals surface area (Å²) in [4.78, 5) is 0. The van der Waals surface area contributed by atoms with Crippen LogP contribution < -0.4 is 5.32 Å². The van der Waals surface area contributed by atoms with Crippen molar-refractivity contribution in [2.75, 3.05) is 13.1 Å². The van der Waals surface area contributed by atoms with E-state index in [4.69, 9.17) is 5.10 Å². The molecule has 0 bridgehead atoms. The van der Waals surface area contributed by atoms with Crippen molar-refractivity contribution in [2.45, 2.75) is 67.3 Å². The maximum absolute atomic E-state index is 4.78. The van der Waals surface area contributed by atoms with Crippen LogP contribution in [0.4, 0.5) is 0 Å². The highest BCUT2D eigenvalue weighted by molar-refractivity contribution is 5.04. The van der Waals surface area contributed by atoms with Gasteiger partial charge in [-0.3, -0.25) is 4.68 Å². The molecule has 1 N–H and O–H groups in total. The molecule has 1 heterocycles. The Morgan fingerprint density at radius 2 is 1.90 bits per heavy atom. The highest BCUT2D eigenvalue weighted by Crippen LogP contribution is 2.30. The summed E-state index contributed by atoms with van der Waals surface area (Å²) in [5.74, 6) is 1.33. The smallest absolute Gasteiger partial charge is 0.0630 e. The largest absolute Gasteiger partial charge is 0.316 e. The van der Waals surface area contributed by atoms with Crippen molar-refractivity contribution in [1.82, 2.24) is 15.1 Å². The minimum Gasteiger partial charge on any atom is -0.316 e. The topological polar surface area (TPSA) is 29.9 Å². The lowest BCUT2D eigenvalue weighted by Gasteiger charge is -2.34. The van der Waals surface area contributed by atoms with Crippen molar-refractivity contribution in [3.63, 3.8) is 0 Å². The van der Waals surface area contributed by atoms with E-state index >= 15 is 0 Å². The van der Waals surface area contributed by atoms with Crippen molar-refractivity contribution in [1.29, 1.82) is 0 Å². The van der Waals surface area contributed by atoms with Crippen LogP contribution in [0.2, 0.25) is 0 Å². The summed E-state index contributed by atoms with van der Waals surface area (Å²) in [6.07, 6.45) is 4.30. The zero-order chi connectivity index (χ0) is 16.0. The molecule has 1 aromatic rings. The maximum Gasteiger partial charge on any atom is 0.0630 e. The van der Waals surface area contributed by atoms with Gasteiger partial charge in [-0.1, -0.05) is 41.5 Å². The molecule has 0 aliphatic carbocycles. The van der Waals surface area contributed by atoms with Crippen molar-refractivity contribution in [2.24, 2.45) is 17.3 Å². The predicted molar refractivity (Wildman–Crippen MR) is 91.6 cm³/mol. The Bertz CT molecular complexity index is 408. The molecule has 1 aromatic heterocycles. The van der Waals surface area contributed by atoms with Crippen LogP contribution in [-0.4, -0.2) is 22.9 Å². The Morgan fingerprint density at radius 1 is 1.24 bits per heavy atom. The molecule has 0 aliphatic rings. The Balaban J connectivity index is 2.71. The van der Waals surface area contributed by atoms with Crippen LogP contribution in [0.3, 0.4) is 0 Å². The summed E-state index contributed by atoms with van der Waals surface area (Å²) < 4.78 is 2.11. The van der Waals surface area contributed by atoms with E-state index in [1.807, 2.05) is 0 Å². The first-order valence-electron chi connectivity index (χ1n) is 8.53. The third-order valence-electron chi connectivity index (χ3n) is 4.77. The van der Waals surface area contributed by atoms with Gasteiger partial charge in [0.05, 0.1) is 5.69 Å². The molecule has 21 heavy (non-hydrogen) atoms. The quantitative estimate of drug-likeness (QED) is 0.735. The Morgan fingerprint density at radius 3 is 2.43 bits per heavy atom. The zero-order valence-electron chi connectivity index (χ0n) is 15.1. The van der Waals surface area contributed by atoms with Crippen LogP contribution in [0.5, 0.6) is 0 Å². The number of nitrogens with one attached hydrogen (secondary N) is 1. The highest BCUT2D eigenvalue weighted by atomic mass is 15.3. The lowest BCUT2D eigenvalue weighted by Crippen LogP contribution is -2.39. The van der Waals surface area contributed by atoms with Gasteiger partial charge in [-0.15, -0.1) is 0 Å². The number of hydrogen-bond acceptors (Lipinski definition) is 2. The third-order valence-corrected chi connectivity index (χ3v) is 4.77. The zero-order valence-corrected chi connectivity index (χ0v) is 15.1. The molecule has 0 aliphatic heterocycles. The third kappa shape index (κ3) is 5.46. The van der Waals surface area contributed by atoms with Gasteiger partial charge >= 0.3 is 0 Å². The van der Waals surface area contributed by atoms with Gasteiger partial charge in [-0.2, -0.15) is 5.10 Å². The molecule has 3 heteroatoms. The van der Waals surface area contributed by atoms with Crippen molar-refractivity contribution in [3.8, 4) is 0 Å². The van der Waals surface area contributed by atoms with Gasteiger partial charge in [-0.05, 0) is 49.6 Å². The molecule has 0 radical (unpaired) electrons. The molecule has 3 nitrogen and oxygen atoms in total. The molecule has 0 aromatic carbocycles. The number of nitrogens with zero attached hydrogens (tertiary/aromatic N) is 2. The number of aromatic nitrogens is 2. The van der Waals surface area contributed by atoms with E-state index in [0.29, 0.717) is 17.9 Å². The minimum absolute atomic E-state index is 0.253. The van der Waals surface area contributed by atoms with Gasteiger partial charge in [0.15, 0.2) is 0 Å². The summed E-state index contributed by atoms with van der Waals surface area (Å²) in [6.45, 7) is 18.1. The van der Waals surface area contributed by atoms with Gasteiger partial charge < -0.3 is 5.32 Å². The van der Waals surface area contributed by atoms with Crippen LogP contribution in [0.15, 0.2) is 12.3 Å². The summed E-state index contributed by atoms with van der Waals surface area (Å²) in [7, 11) is 0. The average molecular weight is 293 g/mol. The van der Waals surface area contributed by atoms with E-state index in [1.165, 1.54) is 5.69 Å². The Hall–Kier alpha value is -0.830. The molecular weight excluding hydrogens is 258 g/mol. The van der Waals surface area contributed by atoms with Crippen molar-refractivity contribution in [3.05, 3.63) is 18.0 Å². The molecule has 2 atom stereocenters. The first kappa shape index (κ1) is 18.2. The van der Waals surface area contributed by atoms with Crippen molar-refractivity contribution < 1.29 is 0 Å². The molecule has 0 saturated heterocycles. The van der Waals surface area contributed by atoms with E-state index < -0.39 is 0 Å². The van der Waals surface area contributed by atoms with Gasteiger partial charge in [0, 0.05) is 18.8 Å². The molecule has 0 fully saturated rings. The summed E-state index contributed by atoms with van der Waals surface area (Å²) in [5.41, 5.74) is 1.47. The molecule has 1 rings (SSSR count). The monoisotopic (exact) mass is 293 g/mol. The van der Waals surface area contributed by atoms with E-state index in [1.54, 1.807) is 0 Å². The standard InChI is InChI=1S/C18H35N3/c1-8-16(6)21-10-9-17(20-21)11-18(7,15(4)5)13-19-12-14(2)3/h9-10,14-16,19H,8,11-13H2,1-7H3. The van der Waals surface area contributed by atoms with E-state index in [-0.39, 0.29) is 5.41 Å². The van der Waals surface area contributed by atoms with Gasteiger partial charge in [0.2, 0.25) is 0 Å². The van der Waals surface area contributed by atoms with Crippen LogP contribution in [0.1, 0.15) is 66.6 Å². The van der Waals surface area contributed by atoms with E-state index in [9.17, 15) is 0 Å². The molecule has 122 valence electrons. The first-order valence-corrected chi connectivity index (χ1v) is 8.53. The molecule has 0 saturated carbocycles. The molecular formula is C18H35N3. The predicted octanol–water partition coefficient (Wildman–Crippen LogP) is 4.30. The normalized spacial score (nSPS) is 16.4. The summed E-state index contributed by atoms with van der Waals surface area (Å²) in [6, 6.07) is 2.68. The highest BCUT2D eigenvalue weighted by Gasteiger charge is 2.29. The van der Waals surface area contributed by atoms with Gasteiger partial charge in [0.1, 0.15) is 0 Å². The second kappa shape index (κ2) is 7.98. The average Bonchev–Trinajstić information content (AvgIpc) is 2.85. The summed E-state index contributed by atoms with van der Waals surface area (Å²) >= 11 is 0. The van der Waals surface area contributed by atoms with Gasteiger partial charge in [0.25, 0.3) is 0 Å². The Kier molecular flexibility index (Phi) is 6.92. The van der Waals surface area contributed by atoms with Crippen molar-refractivity contribution >= 4 is 0 Å². The number of hydrogen-bond donors (Lipinski definition) is 1. The lowest BCUT2D eigenvalue weighted by atomic mass is 9.75. The van der Waals surface area contributed by atoms with Crippen LogP contribution in [0.25, 0.3) is 0 Å². The van der Waals surface area contributed by atoms with Gasteiger partial charge in [-0.25, -0.2) is 0 Å². The Labute approximate surface area is 131 Å². The fourth-order valence-electron chi connectivity index (χ4n) is 2.44. The molecule has 2 unspecified atom stereocenters. The lowest BCUT2D eigenvalue weighted by molar-refractivity contribution is 0.202. The first-order chi connectivity index (χ1) is 9.78. The second-order valence-electron chi connectivity index (χ2n) is 7.55. The van der Waals surface area contributed by atoms with Crippen LogP contribution in [-0.2, 0) is 6.42 Å². The maximum atomic E-state index is 4.78. The molecule has 0 spiro atoms. The number of rotatable bonds is 9. The fraction of sp³-hybridized carbons (Fsp3) is 0.833. The minimum atomic E-state index is 0.253. The van der Waals surface area contributed by atoms with Crippen LogP contribution >= 0.6 is 0 Å². The van der Waals surface area contributed by atoms with Crippen LogP contribution in [0, 0.1) is 17.3 Å². The second-order valence-corrected chi connectivity index (χ2v) is 7.55. The SMILES string of the molecule is CCC(C)n1ccc(CC(C)(CNCC(C)C)C(C)C)n1. The van der Waals surface area contributed by atoms with E-state index in [0.717, 1.165) is 25.9 Å². The molecule has 0 amide bonds. The van der Waals surface area contributed by atoms with E-state index in [2.05, 4.69) is 70.7 Å².